The molecule has 0 saturated carbocycles. The van der Waals surface area contributed by atoms with Gasteiger partial charge in [-0.3, -0.25) is 0 Å². The Hall–Kier alpha value is -2.62. The van der Waals surface area contributed by atoms with E-state index in [9.17, 15) is 0 Å². The van der Waals surface area contributed by atoms with Crippen LogP contribution in [0.15, 0.2) is 90.6 Å². The molecule has 138 valence electrons. The average molecular weight is 454 g/mol. The van der Waals surface area contributed by atoms with Crippen molar-refractivity contribution in [1.82, 2.24) is 3.93 Å². The molecule has 1 atom stereocenters. The van der Waals surface area contributed by atoms with Gasteiger partial charge in [-0.15, -0.1) is 11.3 Å². The van der Waals surface area contributed by atoms with Gasteiger partial charge in [0.2, 0.25) is 0 Å². The van der Waals surface area contributed by atoms with Crippen LogP contribution in [-0.2, 0) is 5.41 Å². The third-order valence-corrected chi connectivity index (χ3v) is 8.33. The maximum atomic E-state index is 3.68. The summed E-state index contributed by atoms with van der Waals surface area (Å²) in [5.41, 5.74) is 9.74. The van der Waals surface area contributed by atoms with Gasteiger partial charge in [-0.25, -0.2) is 0 Å². The predicted octanol–water partition coefficient (Wildman–Crippen LogP) is 7.12. The monoisotopic (exact) mass is 453 g/mol. The smallest absolute Gasteiger partial charge is 0.0738 e. The lowest BCUT2D eigenvalue weighted by Gasteiger charge is -2.32. The quantitative estimate of drug-likeness (QED) is 0.256. The highest BCUT2D eigenvalue weighted by molar-refractivity contribution is 9.07. The van der Waals surface area contributed by atoms with Crippen LogP contribution in [0.2, 0.25) is 0 Å². The molecule has 1 aliphatic heterocycles. The third-order valence-electron chi connectivity index (χ3n) is 6.64. The lowest BCUT2D eigenvalue weighted by Crippen LogP contribution is -2.27. The largest absolute Gasteiger partial charge is 0.311 e. The fourth-order valence-corrected chi connectivity index (χ4v) is 7.32. The maximum absolute atomic E-state index is 3.68. The molecule has 2 aliphatic carbocycles. The van der Waals surface area contributed by atoms with Gasteiger partial charge < -0.3 is 3.93 Å². The van der Waals surface area contributed by atoms with E-state index in [1.165, 1.54) is 53.9 Å². The Labute approximate surface area is 181 Å². The molecule has 4 aromatic rings. The zero-order chi connectivity index (χ0) is 19.2. The normalized spacial score (nSPS) is 20.9. The SMILES string of the molecule is BrN1C=CC2=C(C1)c1ccccc1C21c2ccccc2-c2sc3ccccc3c21. The second-order valence-corrected chi connectivity index (χ2v) is 9.87. The van der Waals surface area contributed by atoms with Crippen LogP contribution in [0.1, 0.15) is 22.3 Å². The van der Waals surface area contributed by atoms with Crippen molar-refractivity contribution in [2.24, 2.45) is 0 Å². The molecule has 29 heavy (non-hydrogen) atoms. The van der Waals surface area contributed by atoms with Crippen molar-refractivity contribution in [1.29, 1.82) is 0 Å². The Morgan fingerprint density at radius 3 is 2.38 bits per heavy atom. The van der Waals surface area contributed by atoms with E-state index >= 15 is 0 Å². The van der Waals surface area contributed by atoms with E-state index in [2.05, 4.69) is 105 Å². The van der Waals surface area contributed by atoms with E-state index in [1.54, 1.807) is 0 Å². The zero-order valence-corrected chi connectivity index (χ0v) is 17.9. The predicted molar refractivity (Wildman–Crippen MR) is 125 cm³/mol. The number of thiophene rings is 1. The molecule has 1 spiro atoms. The lowest BCUT2D eigenvalue weighted by molar-refractivity contribution is 0.707. The van der Waals surface area contributed by atoms with Gasteiger partial charge in [0.1, 0.15) is 0 Å². The van der Waals surface area contributed by atoms with Crippen LogP contribution in [0.3, 0.4) is 0 Å². The van der Waals surface area contributed by atoms with E-state index in [0.717, 1.165) is 6.54 Å². The summed E-state index contributed by atoms with van der Waals surface area (Å²) < 4.78 is 3.48. The molecule has 0 bridgehead atoms. The molecular formula is C26H16BrNS. The van der Waals surface area contributed by atoms with E-state index in [0.29, 0.717) is 0 Å². The first-order valence-electron chi connectivity index (χ1n) is 9.86. The zero-order valence-electron chi connectivity index (χ0n) is 15.5. The Morgan fingerprint density at radius 1 is 0.828 bits per heavy atom. The number of halogens is 1. The lowest BCUT2D eigenvalue weighted by atomic mass is 9.69. The van der Waals surface area contributed by atoms with Crippen molar-refractivity contribution in [2.45, 2.75) is 5.41 Å². The Balaban J connectivity index is 1.72. The maximum Gasteiger partial charge on any atom is 0.0738 e. The first-order chi connectivity index (χ1) is 14.3. The summed E-state index contributed by atoms with van der Waals surface area (Å²) in [6.07, 6.45) is 4.49. The van der Waals surface area contributed by atoms with Crippen LogP contribution in [0, 0.1) is 0 Å². The summed E-state index contributed by atoms with van der Waals surface area (Å²) in [4.78, 5) is 1.43. The summed E-state index contributed by atoms with van der Waals surface area (Å²) in [5.74, 6) is 0. The standard InChI is InChI=1S/C26H16BrNS/c27-28-14-13-22-19(15-28)16-7-1-4-10-20(16)26(22)21-11-5-2-8-17(21)25-24(26)18-9-3-6-12-23(18)29-25/h1-14H,15H2. The minimum absolute atomic E-state index is 0.220. The van der Waals surface area contributed by atoms with Gasteiger partial charge in [-0.1, -0.05) is 66.7 Å². The first-order valence-corrected chi connectivity index (χ1v) is 11.4. The third kappa shape index (κ3) is 1.82. The van der Waals surface area contributed by atoms with Crippen molar-refractivity contribution < 1.29 is 0 Å². The van der Waals surface area contributed by atoms with Crippen LogP contribution in [0.5, 0.6) is 0 Å². The van der Waals surface area contributed by atoms with Crippen LogP contribution < -0.4 is 0 Å². The van der Waals surface area contributed by atoms with Gasteiger partial charge in [-0.05, 0) is 56.5 Å². The molecule has 0 N–H and O–H groups in total. The molecule has 0 fully saturated rings. The number of benzene rings is 3. The van der Waals surface area contributed by atoms with Crippen molar-refractivity contribution >= 4 is 43.1 Å². The minimum atomic E-state index is -0.220. The van der Waals surface area contributed by atoms with Crippen LogP contribution in [0.25, 0.3) is 26.1 Å². The van der Waals surface area contributed by atoms with E-state index in [-0.39, 0.29) is 5.41 Å². The number of allylic oxidation sites excluding steroid dienone is 2. The van der Waals surface area contributed by atoms with Crippen LogP contribution in [0.4, 0.5) is 0 Å². The summed E-state index contributed by atoms with van der Waals surface area (Å²) in [6.45, 7) is 0.879. The van der Waals surface area contributed by atoms with Gasteiger partial charge >= 0.3 is 0 Å². The molecule has 2 heterocycles. The molecule has 7 rings (SSSR count). The Bertz CT molecular complexity index is 1410. The molecule has 1 unspecified atom stereocenters. The van der Waals surface area contributed by atoms with E-state index in [4.69, 9.17) is 0 Å². The van der Waals surface area contributed by atoms with Gasteiger partial charge in [0, 0.05) is 31.9 Å². The highest BCUT2D eigenvalue weighted by atomic mass is 79.9. The Morgan fingerprint density at radius 2 is 1.52 bits per heavy atom. The van der Waals surface area contributed by atoms with Crippen LogP contribution in [-0.4, -0.2) is 10.5 Å². The molecule has 3 heteroatoms. The summed E-state index contributed by atoms with van der Waals surface area (Å²) in [7, 11) is 0. The van der Waals surface area contributed by atoms with Gasteiger partial charge in [0.25, 0.3) is 0 Å². The molecule has 0 radical (unpaired) electrons. The summed E-state index contributed by atoms with van der Waals surface area (Å²) >= 11 is 5.62. The first kappa shape index (κ1) is 16.2. The number of hydrogen-bond acceptors (Lipinski definition) is 2. The highest BCUT2D eigenvalue weighted by Crippen LogP contribution is 2.65. The number of nitrogens with zero attached hydrogens (tertiary/aromatic N) is 1. The number of rotatable bonds is 0. The molecule has 0 saturated heterocycles. The molecule has 0 amide bonds. The molecule has 3 aromatic carbocycles. The summed E-state index contributed by atoms with van der Waals surface area (Å²) in [6, 6.07) is 27.0. The van der Waals surface area contributed by atoms with Crippen molar-refractivity contribution in [3.8, 4) is 10.4 Å². The average Bonchev–Trinajstić information content (AvgIpc) is 3.37. The van der Waals surface area contributed by atoms with Gasteiger partial charge in [0.05, 0.1) is 12.0 Å². The minimum Gasteiger partial charge on any atom is -0.311 e. The van der Waals surface area contributed by atoms with Crippen molar-refractivity contribution in [3.05, 3.63) is 113 Å². The molecule has 3 aliphatic rings. The fourth-order valence-electron chi connectivity index (χ4n) is 5.65. The fraction of sp³-hybridized carbons (Fsp3) is 0.0769. The Kier molecular flexibility index (Phi) is 3.07. The van der Waals surface area contributed by atoms with Gasteiger partial charge in [-0.2, -0.15) is 0 Å². The topological polar surface area (TPSA) is 3.24 Å². The number of hydrogen-bond donors (Lipinski definition) is 0. The molecular weight excluding hydrogens is 438 g/mol. The highest BCUT2D eigenvalue weighted by Gasteiger charge is 2.54. The van der Waals surface area contributed by atoms with Crippen molar-refractivity contribution in [2.75, 3.05) is 6.54 Å². The summed E-state index contributed by atoms with van der Waals surface area (Å²) in [5, 5.41) is 1.39. The second-order valence-electron chi connectivity index (χ2n) is 7.91. The van der Waals surface area contributed by atoms with Gasteiger partial charge in [0.15, 0.2) is 0 Å². The molecule has 1 nitrogen and oxygen atoms in total. The number of fused-ring (bicyclic) bond motifs is 11. The van der Waals surface area contributed by atoms with Crippen molar-refractivity contribution in [3.63, 3.8) is 0 Å². The van der Waals surface area contributed by atoms with E-state index < -0.39 is 0 Å². The van der Waals surface area contributed by atoms with Crippen LogP contribution >= 0.6 is 27.5 Å². The van der Waals surface area contributed by atoms with E-state index in [1.807, 2.05) is 11.3 Å². The second kappa shape index (κ2) is 5.50. The molecule has 1 aromatic heterocycles.